The van der Waals surface area contributed by atoms with Gasteiger partial charge in [-0.2, -0.15) is 0 Å². The number of hydrogen-bond donors (Lipinski definition) is 1. The van der Waals surface area contributed by atoms with Crippen molar-refractivity contribution in [2.24, 2.45) is 0 Å². The van der Waals surface area contributed by atoms with Crippen molar-refractivity contribution in [3.8, 4) is 0 Å². The van der Waals surface area contributed by atoms with Crippen LogP contribution < -0.4 is 0 Å². The van der Waals surface area contributed by atoms with E-state index >= 15 is 0 Å². The van der Waals surface area contributed by atoms with Gasteiger partial charge in [0.1, 0.15) is 11.8 Å². The molecule has 90 valence electrons. The fourth-order valence-electron chi connectivity index (χ4n) is 1.72. The van der Waals surface area contributed by atoms with Crippen LogP contribution in [0.15, 0.2) is 12.7 Å². The highest BCUT2D eigenvalue weighted by Crippen LogP contribution is 2.25. The molecular formula is C9H9ClN4O3. The van der Waals surface area contributed by atoms with E-state index < -0.39 is 6.29 Å². The maximum Gasteiger partial charge on any atom is 0.183 e. The molecule has 0 radical (unpaired) electrons. The third-order valence-electron chi connectivity index (χ3n) is 2.51. The van der Waals surface area contributed by atoms with Crippen LogP contribution in [-0.4, -0.2) is 44.1 Å². The van der Waals surface area contributed by atoms with E-state index in [1.807, 2.05) is 0 Å². The van der Waals surface area contributed by atoms with E-state index in [1.54, 1.807) is 10.9 Å². The number of fused-ring (bicyclic) bond motifs is 1. The van der Waals surface area contributed by atoms with Gasteiger partial charge in [-0.05, 0) is 0 Å². The maximum atomic E-state index is 8.92. The molecule has 1 fully saturated rings. The zero-order valence-corrected chi connectivity index (χ0v) is 9.41. The predicted octanol–water partition coefficient (Wildman–Crippen LogP) is 0.343. The molecule has 8 heteroatoms. The molecule has 2 aromatic rings. The molecule has 0 unspecified atom stereocenters. The van der Waals surface area contributed by atoms with Crippen LogP contribution in [0.1, 0.15) is 6.23 Å². The molecule has 1 aliphatic heterocycles. The number of aliphatic hydroxyl groups excluding tert-OH is 1. The van der Waals surface area contributed by atoms with Crippen molar-refractivity contribution < 1.29 is 14.6 Å². The van der Waals surface area contributed by atoms with Gasteiger partial charge in [-0.25, -0.2) is 15.0 Å². The average molecular weight is 257 g/mol. The molecule has 7 nitrogen and oxygen atoms in total. The molecule has 17 heavy (non-hydrogen) atoms. The normalized spacial score (nSPS) is 24.6. The summed E-state index contributed by atoms with van der Waals surface area (Å²) >= 11 is 5.89. The van der Waals surface area contributed by atoms with E-state index in [0.29, 0.717) is 22.9 Å². The first-order valence-corrected chi connectivity index (χ1v) is 5.38. The highest BCUT2D eigenvalue weighted by Gasteiger charge is 2.28. The molecular weight excluding hydrogens is 248 g/mol. The minimum Gasteiger partial charge on any atom is -0.391 e. The van der Waals surface area contributed by atoms with Gasteiger partial charge >= 0.3 is 0 Å². The van der Waals surface area contributed by atoms with Crippen LogP contribution in [-0.2, 0) is 9.47 Å². The molecule has 0 aliphatic carbocycles. The second-order valence-corrected chi connectivity index (χ2v) is 3.88. The summed E-state index contributed by atoms with van der Waals surface area (Å²) in [6, 6.07) is 0. The van der Waals surface area contributed by atoms with E-state index in [0.717, 1.165) is 0 Å². The molecule has 2 aromatic heterocycles. The molecule has 1 saturated heterocycles. The van der Waals surface area contributed by atoms with Crippen LogP contribution in [0.2, 0.25) is 5.15 Å². The Balaban J connectivity index is 1.99. The smallest absolute Gasteiger partial charge is 0.183 e. The van der Waals surface area contributed by atoms with Crippen molar-refractivity contribution in [2.45, 2.75) is 12.5 Å². The van der Waals surface area contributed by atoms with Crippen molar-refractivity contribution >= 4 is 22.8 Å². The van der Waals surface area contributed by atoms with Crippen molar-refractivity contribution in [1.29, 1.82) is 0 Å². The van der Waals surface area contributed by atoms with Crippen LogP contribution in [0.3, 0.4) is 0 Å². The molecule has 3 heterocycles. The standard InChI is InChI=1S/C9H9ClN4O3/c10-8-7-9(12-3-11-8)14(4-13-7)5-2-16-6(1-15)17-5/h3-6,15H,1-2H2/t5-,6+/m1/s1. The minimum absolute atomic E-state index is 0.182. The molecule has 1 aliphatic rings. The number of imidazole rings is 1. The van der Waals surface area contributed by atoms with E-state index in [-0.39, 0.29) is 12.8 Å². The van der Waals surface area contributed by atoms with E-state index in [1.165, 1.54) is 6.33 Å². The summed E-state index contributed by atoms with van der Waals surface area (Å²) in [7, 11) is 0. The summed E-state index contributed by atoms with van der Waals surface area (Å²) in [5.74, 6) is 0. The van der Waals surface area contributed by atoms with Crippen LogP contribution in [0.25, 0.3) is 11.2 Å². The van der Waals surface area contributed by atoms with Gasteiger partial charge in [0, 0.05) is 0 Å². The topological polar surface area (TPSA) is 82.3 Å². The Morgan fingerprint density at radius 1 is 1.47 bits per heavy atom. The van der Waals surface area contributed by atoms with Crippen molar-refractivity contribution in [2.75, 3.05) is 13.2 Å². The Kier molecular flexibility index (Phi) is 2.67. The molecule has 1 N–H and O–H groups in total. The highest BCUT2D eigenvalue weighted by molar-refractivity contribution is 6.33. The van der Waals surface area contributed by atoms with Gasteiger partial charge < -0.3 is 14.6 Å². The van der Waals surface area contributed by atoms with Gasteiger partial charge in [0.05, 0.1) is 19.5 Å². The number of rotatable bonds is 2. The van der Waals surface area contributed by atoms with Gasteiger partial charge in [0.15, 0.2) is 23.3 Å². The number of halogens is 1. The molecule has 2 atom stereocenters. The van der Waals surface area contributed by atoms with Crippen LogP contribution in [0.5, 0.6) is 0 Å². The second kappa shape index (κ2) is 4.19. The van der Waals surface area contributed by atoms with E-state index in [2.05, 4.69) is 15.0 Å². The zero-order chi connectivity index (χ0) is 11.8. The number of aromatic nitrogens is 4. The fraction of sp³-hybridized carbons (Fsp3) is 0.444. The second-order valence-electron chi connectivity index (χ2n) is 3.52. The average Bonchev–Trinajstić information content (AvgIpc) is 2.94. The lowest BCUT2D eigenvalue weighted by atomic mass is 10.5. The molecule has 3 rings (SSSR count). The Labute approximate surface area is 101 Å². The monoisotopic (exact) mass is 256 g/mol. The lowest BCUT2D eigenvalue weighted by molar-refractivity contribution is -0.0980. The lowest BCUT2D eigenvalue weighted by Crippen LogP contribution is -2.15. The summed E-state index contributed by atoms with van der Waals surface area (Å²) in [6.07, 6.45) is 1.97. The Bertz CT molecular complexity index is 546. The summed E-state index contributed by atoms with van der Waals surface area (Å²) in [6.45, 7) is 0.150. The Morgan fingerprint density at radius 2 is 2.35 bits per heavy atom. The predicted molar refractivity (Wildman–Crippen MR) is 57.3 cm³/mol. The van der Waals surface area contributed by atoms with Gasteiger partial charge in [-0.1, -0.05) is 11.6 Å². The number of ether oxygens (including phenoxy) is 2. The SMILES string of the molecule is OC[C@H]1OC[C@H](n2cnc3c(Cl)ncnc32)O1. The molecule has 0 saturated carbocycles. The third kappa shape index (κ3) is 1.77. The van der Waals surface area contributed by atoms with Gasteiger partial charge in [0.25, 0.3) is 0 Å². The highest BCUT2D eigenvalue weighted by atomic mass is 35.5. The van der Waals surface area contributed by atoms with Crippen LogP contribution >= 0.6 is 11.6 Å². The largest absolute Gasteiger partial charge is 0.391 e. The third-order valence-corrected chi connectivity index (χ3v) is 2.78. The summed E-state index contributed by atoms with van der Waals surface area (Å²) in [4.78, 5) is 12.1. The Hall–Kier alpha value is -1.28. The van der Waals surface area contributed by atoms with Crippen molar-refractivity contribution in [3.63, 3.8) is 0 Å². The van der Waals surface area contributed by atoms with Crippen molar-refractivity contribution in [1.82, 2.24) is 19.5 Å². The summed E-state index contributed by atoms with van der Waals surface area (Å²) < 4.78 is 12.4. The molecule has 0 amide bonds. The number of nitrogens with zero attached hydrogens (tertiary/aromatic N) is 4. The van der Waals surface area contributed by atoms with Crippen LogP contribution in [0.4, 0.5) is 0 Å². The minimum atomic E-state index is -0.602. The molecule has 0 aromatic carbocycles. The Morgan fingerprint density at radius 3 is 3.12 bits per heavy atom. The zero-order valence-electron chi connectivity index (χ0n) is 8.65. The van der Waals surface area contributed by atoms with Gasteiger partial charge in [0.2, 0.25) is 0 Å². The quantitative estimate of drug-likeness (QED) is 0.781. The van der Waals surface area contributed by atoms with E-state index in [4.69, 9.17) is 26.2 Å². The van der Waals surface area contributed by atoms with Gasteiger partial charge in [-0.15, -0.1) is 0 Å². The number of hydrogen-bond acceptors (Lipinski definition) is 6. The maximum absolute atomic E-state index is 8.92. The van der Waals surface area contributed by atoms with E-state index in [9.17, 15) is 0 Å². The molecule has 0 spiro atoms. The van der Waals surface area contributed by atoms with Crippen molar-refractivity contribution in [3.05, 3.63) is 17.8 Å². The fourth-order valence-corrected chi connectivity index (χ4v) is 1.90. The number of aliphatic hydroxyl groups is 1. The molecule has 0 bridgehead atoms. The lowest BCUT2D eigenvalue weighted by Gasteiger charge is -2.10. The first kappa shape index (κ1) is 10.8. The first-order chi connectivity index (χ1) is 8.29. The summed E-state index contributed by atoms with van der Waals surface area (Å²) in [5, 5.41) is 9.21. The van der Waals surface area contributed by atoms with Crippen LogP contribution in [0, 0.1) is 0 Å². The first-order valence-electron chi connectivity index (χ1n) is 5.00. The summed E-state index contributed by atoms with van der Waals surface area (Å²) in [5.41, 5.74) is 1.10. The van der Waals surface area contributed by atoms with Gasteiger partial charge in [-0.3, -0.25) is 4.57 Å².